The number of nitrogens with zero attached hydrogens (tertiary/aromatic N) is 1. The van der Waals surface area contributed by atoms with Gasteiger partial charge in [0, 0.05) is 19.0 Å². The molecule has 0 amide bonds. The van der Waals surface area contributed by atoms with Crippen LogP contribution >= 0.6 is 0 Å². The first-order chi connectivity index (χ1) is 7.09. The Kier molecular flexibility index (Phi) is 2.42. The maximum atomic E-state index is 13.6. The highest BCUT2D eigenvalue weighted by molar-refractivity contribution is 5.97. The molecule has 1 heterocycles. The third-order valence-corrected chi connectivity index (χ3v) is 2.64. The Morgan fingerprint density at radius 3 is 2.60 bits per heavy atom. The van der Waals surface area contributed by atoms with Gasteiger partial charge >= 0.3 is 0 Å². The van der Waals surface area contributed by atoms with E-state index >= 15 is 0 Å². The van der Waals surface area contributed by atoms with E-state index in [0.29, 0.717) is 24.4 Å². The lowest BCUT2D eigenvalue weighted by Gasteiger charge is -2.19. The van der Waals surface area contributed by atoms with Crippen LogP contribution in [0.25, 0.3) is 0 Å². The van der Waals surface area contributed by atoms with Crippen LogP contribution in [0.15, 0.2) is 12.1 Å². The Morgan fingerprint density at radius 1 is 1.27 bits per heavy atom. The summed E-state index contributed by atoms with van der Waals surface area (Å²) in [7, 11) is 0. The van der Waals surface area contributed by atoms with Gasteiger partial charge in [-0.25, -0.2) is 8.78 Å². The van der Waals surface area contributed by atoms with Crippen LogP contribution in [-0.2, 0) is 0 Å². The fraction of sp³-hybridized carbons (Fsp3) is 0.364. The van der Waals surface area contributed by atoms with Gasteiger partial charge in [0.25, 0.3) is 0 Å². The predicted octanol–water partition coefficient (Wildman–Crippen LogP) is 2.85. The van der Waals surface area contributed by atoms with Gasteiger partial charge in [-0.3, -0.25) is 5.41 Å². The van der Waals surface area contributed by atoms with Crippen LogP contribution in [0.2, 0.25) is 0 Å². The van der Waals surface area contributed by atoms with Crippen molar-refractivity contribution in [2.45, 2.75) is 19.8 Å². The standard InChI is InChI=1S/C11H12F2N2/c1-7-5-9(13)10(6-8(7)12)15-4-2-3-11(15)14/h5-6,14H,2-4H2,1H3. The van der Waals surface area contributed by atoms with E-state index in [2.05, 4.69) is 0 Å². The van der Waals surface area contributed by atoms with Gasteiger partial charge in [-0.15, -0.1) is 0 Å². The molecule has 80 valence electrons. The average molecular weight is 210 g/mol. The zero-order chi connectivity index (χ0) is 11.0. The molecule has 4 heteroatoms. The number of aryl methyl sites for hydroxylation is 1. The predicted molar refractivity (Wildman–Crippen MR) is 55.4 cm³/mol. The van der Waals surface area contributed by atoms with E-state index in [0.717, 1.165) is 6.42 Å². The maximum Gasteiger partial charge on any atom is 0.147 e. The number of hydrogen-bond acceptors (Lipinski definition) is 1. The highest BCUT2D eigenvalue weighted by atomic mass is 19.1. The topological polar surface area (TPSA) is 27.1 Å². The maximum absolute atomic E-state index is 13.6. The molecule has 0 aliphatic carbocycles. The highest BCUT2D eigenvalue weighted by Gasteiger charge is 2.22. The van der Waals surface area contributed by atoms with Crippen molar-refractivity contribution in [1.29, 1.82) is 5.41 Å². The van der Waals surface area contributed by atoms with Crippen LogP contribution in [0.4, 0.5) is 14.5 Å². The fourth-order valence-electron chi connectivity index (χ4n) is 1.78. The molecule has 0 saturated carbocycles. The van der Waals surface area contributed by atoms with Gasteiger partial charge in [0.15, 0.2) is 0 Å². The van der Waals surface area contributed by atoms with Crippen molar-refractivity contribution in [3.63, 3.8) is 0 Å². The molecule has 0 atom stereocenters. The number of rotatable bonds is 1. The first-order valence-corrected chi connectivity index (χ1v) is 4.90. The number of benzene rings is 1. The molecule has 0 aromatic heterocycles. The number of halogens is 2. The summed E-state index contributed by atoms with van der Waals surface area (Å²) in [4.78, 5) is 1.53. The summed E-state index contributed by atoms with van der Waals surface area (Å²) < 4.78 is 26.8. The Labute approximate surface area is 87.0 Å². The van der Waals surface area contributed by atoms with Crippen molar-refractivity contribution in [3.8, 4) is 0 Å². The van der Waals surface area contributed by atoms with Crippen molar-refractivity contribution in [2.75, 3.05) is 11.4 Å². The zero-order valence-electron chi connectivity index (χ0n) is 8.48. The molecule has 1 saturated heterocycles. The molecule has 1 aromatic carbocycles. The summed E-state index contributed by atoms with van der Waals surface area (Å²) >= 11 is 0. The van der Waals surface area contributed by atoms with E-state index in [4.69, 9.17) is 5.41 Å². The van der Waals surface area contributed by atoms with Gasteiger partial charge in [0.2, 0.25) is 0 Å². The van der Waals surface area contributed by atoms with Gasteiger partial charge in [-0.1, -0.05) is 0 Å². The normalized spacial score (nSPS) is 16.2. The third-order valence-electron chi connectivity index (χ3n) is 2.64. The van der Waals surface area contributed by atoms with Crippen LogP contribution in [0.1, 0.15) is 18.4 Å². The van der Waals surface area contributed by atoms with Crippen LogP contribution in [0.3, 0.4) is 0 Å². The molecule has 2 nitrogen and oxygen atoms in total. The number of amidine groups is 1. The second-order valence-electron chi connectivity index (χ2n) is 3.75. The minimum atomic E-state index is -0.458. The van der Waals surface area contributed by atoms with Crippen molar-refractivity contribution in [2.24, 2.45) is 0 Å². The Balaban J connectivity index is 2.43. The summed E-state index contributed by atoms with van der Waals surface area (Å²) in [6.45, 7) is 2.12. The van der Waals surface area contributed by atoms with E-state index in [-0.39, 0.29) is 5.69 Å². The van der Waals surface area contributed by atoms with E-state index in [1.165, 1.54) is 24.0 Å². The van der Waals surface area contributed by atoms with Gasteiger partial charge in [0.1, 0.15) is 17.5 Å². The SMILES string of the molecule is Cc1cc(F)c(N2CCCC2=N)cc1F. The molecule has 0 bridgehead atoms. The van der Waals surface area contributed by atoms with Crippen LogP contribution < -0.4 is 4.90 Å². The van der Waals surface area contributed by atoms with Crippen molar-refractivity contribution in [1.82, 2.24) is 0 Å². The lowest BCUT2D eigenvalue weighted by Crippen LogP contribution is -2.24. The summed E-state index contributed by atoms with van der Waals surface area (Å²) in [5.41, 5.74) is 0.475. The van der Waals surface area contributed by atoms with Crippen molar-refractivity contribution < 1.29 is 8.78 Å². The molecule has 1 fully saturated rings. The fourth-order valence-corrected chi connectivity index (χ4v) is 1.78. The van der Waals surface area contributed by atoms with E-state index in [1.807, 2.05) is 0 Å². The average Bonchev–Trinajstić information content (AvgIpc) is 2.58. The second kappa shape index (κ2) is 3.61. The van der Waals surface area contributed by atoms with E-state index < -0.39 is 11.6 Å². The number of hydrogen-bond donors (Lipinski definition) is 1. The largest absolute Gasteiger partial charge is 0.328 e. The minimum Gasteiger partial charge on any atom is -0.328 e. The van der Waals surface area contributed by atoms with Crippen LogP contribution in [0.5, 0.6) is 0 Å². The lowest BCUT2D eigenvalue weighted by molar-refractivity contribution is 0.592. The molecule has 0 radical (unpaired) electrons. The first-order valence-electron chi connectivity index (χ1n) is 4.90. The van der Waals surface area contributed by atoms with Crippen LogP contribution in [-0.4, -0.2) is 12.4 Å². The summed E-state index contributed by atoms with van der Waals surface area (Å²) in [5.74, 6) is -0.524. The van der Waals surface area contributed by atoms with Gasteiger partial charge < -0.3 is 4.90 Å². The van der Waals surface area contributed by atoms with E-state index in [9.17, 15) is 8.78 Å². The first kappa shape index (κ1) is 10.1. The molecular weight excluding hydrogens is 198 g/mol. The third kappa shape index (κ3) is 1.71. The molecule has 1 aliphatic heterocycles. The zero-order valence-corrected chi connectivity index (χ0v) is 8.48. The Bertz CT molecular complexity index is 415. The molecule has 0 unspecified atom stereocenters. The molecule has 15 heavy (non-hydrogen) atoms. The Morgan fingerprint density at radius 2 is 2.00 bits per heavy atom. The van der Waals surface area contributed by atoms with Gasteiger partial charge in [-0.2, -0.15) is 0 Å². The summed E-state index contributed by atoms with van der Waals surface area (Å²) in [6.07, 6.45) is 1.46. The molecular formula is C11H12F2N2. The molecule has 1 N–H and O–H groups in total. The minimum absolute atomic E-state index is 0.181. The Hall–Kier alpha value is -1.45. The number of anilines is 1. The molecule has 2 rings (SSSR count). The quantitative estimate of drug-likeness (QED) is 0.758. The lowest BCUT2D eigenvalue weighted by atomic mass is 10.2. The molecule has 0 spiro atoms. The second-order valence-corrected chi connectivity index (χ2v) is 3.75. The summed E-state index contributed by atoms with van der Waals surface area (Å²) in [6, 6.07) is 2.35. The van der Waals surface area contributed by atoms with Crippen molar-refractivity contribution >= 4 is 11.5 Å². The van der Waals surface area contributed by atoms with Gasteiger partial charge in [0.05, 0.1) is 5.69 Å². The molecule has 1 aromatic rings. The van der Waals surface area contributed by atoms with E-state index in [1.54, 1.807) is 0 Å². The van der Waals surface area contributed by atoms with Crippen LogP contribution in [0, 0.1) is 24.0 Å². The molecule has 1 aliphatic rings. The smallest absolute Gasteiger partial charge is 0.147 e. The number of nitrogens with one attached hydrogen (secondary N) is 1. The highest BCUT2D eigenvalue weighted by Crippen LogP contribution is 2.26. The monoisotopic (exact) mass is 210 g/mol. The van der Waals surface area contributed by atoms with Gasteiger partial charge in [-0.05, 0) is 25.0 Å². The summed E-state index contributed by atoms with van der Waals surface area (Å²) in [5, 5.41) is 7.60. The van der Waals surface area contributed by atoms with Crippen molar-refractivity contribution in [3.05, 3.63) is 29.3 Å².